The number of benzene rings is 1. The lowest BCUT2D eigenvalue weighted by molar-refractivity contribution is -0.380. The number of rotatable bonds is 4. The molecule has 1 aromatic carbocycles. The van der Waals surface area contributed by atoms with Crippen LogP contribution in [0.4, 0.5) is 5.00 Å². The molecular formula is C15H11N3O5S3. The molecule has 0 radical (unpaired) electrons. The number of thioether (sulfide) groups is 1. The van der Waals surface area contributed by atoms with Crippen molar-refractivity contribution >= 4 is 55.3 Å². The van der Waals surface area contributed by atoms with Gasteiger partial charge in [0, 0.05) is 10.9 Å². The zero-order valence-corrected chi connectivity index (χ0v) is 15.7. The molecule has 0 bridgehead atoms. The first-order valence-electron chi connectivity index (χ1n) is 7.11. The fourth-order valence-electron chi connectivity index (χ4n) is 1.99. The summed E-state index contributed by atoms with van der Waals surface area (Å²) in [5.41, 5.74) is 0.912. The second kappa shape index (κ2) is 7.02. The SMILES string of the molecule is Cc1ccc(S(=O)(=O)N=C2NC(=O)/C(=C/c3ccc([N+](=O)[O-])s3)S2)cc1. The van der Waals surface area contributed by atoms with Crippen LogP contribution in [0.1, 0.15) is 10.4 Å². The van der Waals surface area contributed by atoms with Gasteiger partial charge in [-0.25, -0.2) is 0 Å². The van der Waals surface area contributed by atoms with Crippen molar-refractivity contribution in [3.05, 3.63) is 61.9 Å². The van der Waals surface area contributed by atoms with Crippen LogP contribution in [0.3, 0.4) is 0 Å². The number of nitro groups is 1. The molecule has 1 N–H and O–H groups in total. The summed E-state index contributed by atoms with van der Waals surface area (Å²) < 4.78 is 28.3. The van der Waals surface area contributed by atoms with Gasteiger partial charge in [-0.2, -0.15) is 8.42 Å². The van der Waals surface area contributed by atoms with Crippen LogP contribution in [-0.2, 0) is 14.8 Å². The lowest BCUT2D eigenvalue weighted by Crippen LogP contribution is -2.20. The molecule has 3 rings (SSSR count). The van der Waals surface area contributed by atoms with Gasteiger partial charge in [-0.1, -0.05) is 29.0 Å². The third kappa shape index (κ3) is 4.00. The Balaban J connectivity index is 1.84. The lowest BCUT2D eigenvalue weighted by Gasteiger charge is -2.00. The van der Waals surface area contributed by atoms with Crippen molar-refractivity contribution in [3.8, 4) is 0 Å². The molecule has 0 saturated carbocycles. The number of hydrogen-bond acceptors (Lipinski definition) is 7. The highest BCUT2D eigenvalue weighted by molar-refractivity contribution is 8.19. The van der Waals surface area contributed by atoms with E-state index < -0.39 is 20.9 Å². The molecule has 1 saturated heterocycles. The number of aryl methyl sites for hydroxylation is 1. The highest BCUT2D eigenvalue weighted by Crippen LogP contribution is 2.31. The fraction of sp³-hybridized carbons (Fsp3) is 0.0667. The first-order chi connectivity index (χ1) is 12.2. The topological polar surface area (TPSA) is 119 Å². The monoisotopic (exact) mass is 409 g/mol. The van der Waals surface area contributed by atoms with Crippen LogP contribution in [-0.4, -0.2) is 24.4 Å². The summed E-state index contributed by atoms with van der Waals surface area (Å²) in [6, 6.07) is 9.05. The number of carbonyl (C=O) groups is 1. The van der Waals surface area contributed by atoms with Crippen molar-refractivity contribution in [2.75, 3.05) is 0 Å². The highest BCUT2D eigenvalue weighted by Gasteiger charge is 2.27. The van der Waals surface area contributed by atoms with E-state index in [0.717, 1.165) is 28.7 Å². The molecule has 8 nitrogen and oxygen atoms in total. The number of nitrogens with one attached hydrogen (secondary N) is 1. The average molecular weight is 409 g/mol. The minimum atomic E-state index is -3.95. The van der Waals surface area contributed by atoms with E-state index in [1.807, 2.05) is 6.92 Å². The second-order valence-corrected chi connectivity index (χ2v) is 8.91. The molecule has 0 atom stereocenters. The maximum absolute atomic E-state index is 12.3. The van der Waals surface area contributed by atoms with Gasteiger partial charge in [0.05, 0.1) is 14.7 Å². The Morgan fingerprint density at radius 1 is 1.19 bits per heavy atom. The number of thiophene rings is 1. The zero-order chi connectivity index (χ0) is 18.9. The summed E-state index contributed by atoms with van der Waals surface area (Å²) in [7, 11) is -3.95. The molecule has 1 aliphatic heterocycles. The Kier molecular flexibility index (Phi) is 4.94. The predicted molar refractivity (Wildman–Crippen MR) is 100 cm³/mol. The normalized spacial score (nSPS) is 17.7. The van der Waals surface area contributed by atoms with Gasteiger partial charge in [-0.15, -0.1) is 4.40 Å². The van der Waals surface area contributed by atoms with E-state index in [2.05, 4.69) is 9.71 Å². The molecule has 0 unspecified atom stereocenters. The number of amides is 1. The molecule has 0 aliphatic carbocycles. The molecule has 2 heterocycles. The number of hydrogen-bond donors (Lipinski definition) is 1. The van der Waals surface area contributed by atoms with Crippen LogP contribution >= 0.6 is 23.1 Å². The molecule has 26 heavy (non-hydrogen) atoms. The van der Waals surface area contributed by atoms with Gasteiger partial charge in [-0.3, -0.25) is 20.2 Å². The predicted octanol–water partition coefficient (Wildman–Crippen LogP) is 2.91. The van der Waals surface area contributed by atoms with Crippen LogP contribution < -0.4 is 5.32 Å². The first-order valence-corrected chi connectivity index (χ1v) is 10.2. The molecule has 1 amide bonds. The summed E-state index contributed by atoms with van der Waals surface area (Å²) >= 11 is 1.78. The van der Waals surface area contributed by atoms with Gasteiger partial charge >= 0.3 is 5.00 Å². The standard InChI is InChI=1S/C15H11N3O5S3/c1-9-2-5-11(6-3-9)26(22,23)17-15-16-14(19)12(25-15)8-10-4-7-13(24-10)18(20)21/h2-8H,1H3,(H,16,17,19)/b12-8-. The Morgan fingerprint density at radius 2 is 1.88 bits per heavy atom. The van der Waals surface area contributed by atoms with E-state index in [1.54, 1.807) is 12.1 Å². The van der Waals surface area contributed by atoms with E-state index in [4.69, 9.17) is 0 Å². The molecule has 1 aromatic heterocycles. The molecule has 1 fully saturated rings. The number of carbonyl (C=O) groups excluding carboxylic acids is 1. The van der Waals surface area contributed by atoms with Crippen LogP contribution in [0.2, 0.25) is 0 Å². The largest absolute Gasteiger partial charge is 0.324 e. The third-order valence-electron chi connectivity index (χ3n) is 3.24. The van der Waals surface area contributed by atoms with Gasteiger partial charge in [-0.05, 0) is 43.0 Å². The highest BCUT2D eigenvalue weighted by atomic mass is 32.2. The van der Waals surface area contributed by atoms with Crippen LogP contribution in [0.15, 0.2) is 50.6 Å². The van der Waals surface area contributed by atoms with E-state index in [-0.39, 0.29) is 20.0 Å². The molecular weight excluding hydrogens is 398 g/mol. The molecule has 11 heteroatoms. The third-order valence-corrected chi connectivity index (χ3v) is 6.54. The van der Waals surface area contributed by atoms with Gasteiger partial charge in [0.2, 0.25) is 0 Å². The van der Waals surface area contributed by atoms with Gasteiger partial charge < -0.3 is 0 Å². The van der Waals surface area contributed by atoms with Gasteiger partial charge in [0.25, 0.3) is 15.9 Å². The van der Waals surface area contributed by atoms with Crippen LogP contribution in [0.25, 0.3) is 6.08 Å². The molecule has 0 spiro atoms. The summed E-state index contributed by atoms with van der Waals surface area (Å²) in [5, 5.41) is 13.0. The minimum Gasteiger partial charge on any atom is -0.300 e. The van der Waals surface area contributed by atoms with Crippen LogP contribution in [0.5, 0.6) is 0 Å². The quantitative estimate of drug-likeness (QED) is 0.471. The van der Waals surface area contributed by atoms with Crippen LogP contribution in [0, 0.1) is 17.0 Å². The summed E-state index contributed by atoms with van der Waals surface area (Å²) in [6.07, 6.45) is 1.46. The average Bonchev–Trinajstić information content (AvgIpc) is 3.15. The van der Waals surface area contributed by atoms with Crippen molar-refractivity contribution in [2.45, 2.75) is 11.8 Å². The summed E-state index contributed by atoms with van der Waals surface area (Å²) in [5.74, 6) is -0.510. The van der Waals surface area contributed by atoms with E-state index >= 15 is 0 Å². The number of amidine groups is 1. The van der Waals surface area contributed by atoms with E-state index in [0.29, 0.717) is 4.88 Å². The Bertz CT molecular complexity index is 1050. The Morgan fingerprint density at radius 3 is 2.50 bits per heavy atom. The van der Waals surface area contributed by atoms with Crippen molar-refractivity contribution in [2.24, 2.45) is 4.40 Å². The maximum atomic E-state index is 12.3. The smallest absolute Gasteiger partial charge is 0.300 e. The molecule has 134 valence electrons. The minimum absolute atomic E-state index is 0.0248. The maximum Gasteiger partial charge on any atom is 0.324 e. The zero-order valence-electron chi connectivity index (χ0n) is 13.2. The number of sulfonamides is 1. The molecule has 1 aliphatic rings. The lowest BCUT2D eigenvalue weighted by atomic mass is 10.2. The van der Waals surface area contributed by atoms with Gasteiger partial charge in [0.1, 0.15) is 0 Å². The first kappa shape index (κ1) is 18.3. The van der Waals surface area contributed by atoms with E-state index in [1.165, 1.54) is 30.3 Å². The number of nitrogens with zero attached hydrogens (tertiary/aromatic N) is 2. The Hall–Kier alpha value is -2.50. The van der Waals surface area contributed by atoms with Crippen molar-refractivity contribution < 1.29 is 18.1 Å². The Labute approximate surface area is 156 Å². The van der Waals surface area contributed by atoms with Crippen molar-refractivity contribution in [3.63, 3.8) is 0 Å². The van der Waals surface area contributed by atoms with Crippen molar-refractivity contribution in [1.29, 1.82) is 0 Å². The molecule has 2 aromatic rings. The fourth-order valence-corrected chi connectivity index (χ4v) is 4.80. The second-order valence-electron chi connectivity index (χ2n) is 5.18. The summed E-state index contributed by atoms with van der Waals surface area (Å²) in [6.45, 7) is 1.83. The summed E-state index contributed by atoms with van der Waals surface area (Å²) in [4.78, 5) is 22.9. The van der Waals surface area contributed by atoms with Gasteiger partial charge in [0.15, 0.2) is 5.17 Å². The van der Waals surface area contributed by atoms with Crippen molar-refractivity contribution in [1.82, 2.24) is 5.32 Å². The van der Waals surface area contributed by atoms with E-state index in [9.17, 15) is 23.3 Å².